The number of amides is 1. The lowest BCUT2D eigenvalue weighted by atomic mass is 10.1. The van der Waals surface area contributed by atoms with Crippen LogP contribution in [0.15, 0.2) is 12.5 Å². The van der Waals surface area contributed by atoms with Gasteiger partial charge in [0.1, 0.15) is 6.26 Å². The molecule has 1 atom stereocenters. The summed E-state index contributed by atoms with van der Waals surface area (Å²) in [5.74, 6) is -4.41. The molecule has 1 fully saturated rings. The van der Waals surface area contributed by atoms with E-state index in [9.17, 15) is 13.6 Å². The number of carbonyl (C=O) groups excluding carboxylic acids is 1. The summed E-state index contributed by atoms with van der Waals surface area (Å²) in [6.45, 7) is 0. The Balaban J connectivity index is 2.26. The zero-order valence-corrected chi connectivity index (χ0v) is 5.98. The molecule has 2 aliphatic heterocycles. The molecule has 0 bridgehead atoms. The molecule has 0 aliphatic carbocycles. The molecule has 0 radical (unpaired) electrons. The van der Waals surface area contributed by atoms with Gasteiger partial charge in [0.25, 0.3) is 0 Å². The van der Waals surface area contributed by atoms with Crippen molar-refractivity contribution < 1.29 is 17.8 Å². The summed E-state index contributed by atoms with van der Waals surface area (Å²) in [5.41, 5.74) is 0. The second kappa shape index (κ2) is 1.88. The number of alkyl halides is 2. The topological polar surface area (TPSA) is 29.5 Å². The zero-order valence-electron chi connectivity index (χ0n) is 5.16. The van der Waals surface area contributed by atoms with Gasteiger partial charge >= 0.3 is 11.8 Å². The highest BCUT2D eigenvalue weighted by molar-refractivity contribution is 7.95. The number of β-lactam (4-membered cyclic amide) rings is 1. The molecule has 2 rings (SSSR count). The van der Waals surface area contributed by atoms with Gasteiger partial charge in [0.15, 0.2) is 5.37 Å². The molecule has 0 aromatic heterocycles. The highest BCUT2D eigenvalue weighted by atomic mass is 32.2. The third-order valence-corrected chi connectivity index (χ3v) is 2.43. The Bertz CT molecular complexity index is 243. The fourth-order valence-electron chi connectivity index (χ4n) is 0.921. The lowest BCUT2D eigenvalue weighted by molar-refractivity contribution is -0.185. The van der Waals surface area contributed by atoms with Crippen LogP contribution in [0.25, 0.3) is 0 Å². The van der Waals surface area contributed by atoms with E-state index in [1.54, 1.807) is 0 Å². The Morgan fingerprint density at radius 1 is 1.73 bits per heavy atom. The normalized spacial score (nSPS) is 32.4. The highest BCUT2D eigenvalue weighted by Gasteiger charge is 2.65. The van der Waals surface area contributed by atoms with E-state index in [2.05, 4.69) is 4.18 Å². The van der Waals surface area contributed by atoms with Crippen molar-refractivity contribution in [3.63, 3.8) is 0 Å². The van der Waals surface area contributed by atoms with Gasteiger partial charge in [-0.05, 0) is 0 Å². The molecule has 0 N–H and O–H groups in total. The maximum Gasteiger partial charge on any atom is 0.357 e. The van der Waals surface area contributed by atoms with Crippen LogP contribution in [0.1, 0.15) is 0 Å². The minimum atomic E-state index is -3.25. The first-order chi connectivity index (χ1) is 5.14. The minimum Gasteiger partial charge on any atom is -0.430 e. The molecule has 0 unspecified atom stereocenters. The standard InChI is InChI=1S/C5H3F2NO2S/c6-5(7)3(9)8-1-2-10-11-4(5)8/h1-2,4H/t4-/m1/s1. The lowest BCUT2D eigenvalue weighted by Gasteiger charge is -2.43. The second-order valence-corrected chi connectivity index (χ2v) is 3.00. The fraction of sp³-hybridized carbons (Fsp3) is 0.400. The minimum absolute atomic E-state index is 0.592. The molecular formula is C5H3F2NO2S. The number of fused-ring (bicyclic) bond motifs is 1. The van der Waals surface area contributed by atoms with Crippen molar-refractivity contribution in [2.45, 2.75) is 11.3 Å². The third kappa shape index (κ3) is 0.699. The monoisotopic (exact) mass is 179 g/mol. The van der Waals surface area contributed by atoms with Crippen LogP contribution in [-0.2, 0) is 8.98 Å². The summed E-state index contributed by atoms with van der Waals surface area (Å²) in [7, 11) is 0. The lowest BCUT2D eigenvalue weighted by Crippen LogP contribution is -2.66. The van der Waals surface area contributed by atoms with Gasteiger partial charge in [0.05, 0.1) is 12.0 Å². The predicted octanol–water partition coefficient (Wildman–Crippen LogP) is 0.940. The van der Waals surface area contributed by atoms with Crippen molar-refractivity contribution in [2.75, 3.05) is 0 Å². The molecule has 2 aliphatic rings. The maximum absolute atomic E-state index is 12.5. The van der Waals surface area contributed by atoms with Gasteiger partial charge in [-0.1, -0.05) is 0 Å². The fourth-order valence-corrected chi connectivity index (χ4v) is 1.62. The highest BCUT2D eigenvalue weighted by Crippen LogP contribution is 2.45. The Labute approximate surface area is 65.2 Å². The van der Waals surface area contributed by atoms with E-state index in [4.69, 9.17) is 0 Å². The summed E-state index contributed by atoms with van der Waals surface area (Å²) in [4.78, 5) is 11.5. The van der Waals surface area contributed by atoms with Crippen molar-refractivity contribution in [1.82, 2.24) is 4.90 Å². The molecule has 6 heteroatoms. The van der Waals surface area contributed by atoms with Crippen LogP contribution in [0.4, 0.5) is 8.78 Å². The van der Waals surface area contributed by atoms with Crippen molar-refractivity contribution in [2.24, 2.45) is 0 Å². The van der Waals surface area contributed by atoms with Crippen LogP contribution in [0.3, 0.4) is 0 Å². The van der Waals surface area contributed by atoms with Crippen LogP contribution in [0.2, 0.25) is 0 Å². The Morgan fingerprint density at radius 2 is 2.45 bits per heavy atom. The summed E-state index contributed by atoms with van der Waals surface area (Å²) in [5, 5.41) is -1.17. The van der Waals surface area contributed by atoms with E-state index in [1.807, 2.05) is 0 Å². The van der Waals surface area contributed by atoms with Gasteiger partial charge in [-0.15, -0.1) is 0 Å². The molecule has 60 valence electrons. The molecule has 0 saturated carbocycles. The average Bonchev–Trinajstić information content (AvgIpc) is 2.04. The summed E-state index contributed by atoms with van der Waals surface area (Å²) in [6, 6.07) is 0. The summed E-state index contributed by atoms with van der Waals surface area (Å²) in [6.07, 6.45) is 2.41. The Kier molecular flexibility index (Phi) is 1.18. The smallest absolute Gasteiger partial charge is 0.357 e. The molecule has 11 heavy (non-hydrogen) atoms. The van der Waals surface area contributed by atoms with E-state index in [0.29, 0.717) is 12.0 Å². The van der Waals surface area contributed by atoms with Crippen LogP contribution >= 0.6 is 12.0 Å². The van der Waals surface area contributed by atoms with Gasteiger partial charge in [0.2, 0.25) is 0 Å². The van der Waals surface area contributed by atoms with Crippen molar-refractivity contribution >= 4 is 17.9 Å². The molecule has 1 amide bonds. The first-order valence-electron chi connectivity index (χ1n) is 2.83. The molecule has 3 nitrogen and oxygen atoms in total. The molecule has 2 heterocycles. The number of nitrogens with zero attached hydrogens (tertiary/aromatic N) is 1. The van der Waals surface area contributed by atoms with Gasteiger partial charge in [-0.25, -0.2) is 0 Å². The zero-order chi connectivity index (χ0) is 8.06. The molecule has 1 saturated heterocycles. The van der Waals surface area contributed by atoms with Gasteiger partial charge in [0, 0.05) is 6.20 Å². The quantitative estimate of drug-likeness (QED) is 0.409. The van der Waals surface area contributed by atoms with Gasteiger partial charge in [-0.2, -0.15) is 8.78 Å². The van der Waals surface area contributed by atoms with Gasteiger partial charge < -0.3 is 4.18 Å². The van der Waals surface area contributed by atoms with Crippen LogP contribution in [0, 0.1) is 0 Å². The van der Waals surface area contributed by atoms with Gasteiger partial charge in [-0.3, -0.25) is 9.69 Å². The van der Waals surface area contributed by atoms with Crippen molar-refractivity contribution in [1.29, 1.82) is 0 Å². The maximum atomic E-state index is 12.5. The summed E-state index contributed by atoms with van der Waals surface area (Å²) < 4.78 is 29.6. The van der Waals surface area contributed by atoms with Crippen molar-refractivity contribution in [3.05, 3.63) is 12.5 Å². The number of hydrogen-bond donors (Lipinski definition) is 0. The van der Waals surface area contributed by atoms with Crippen LogP contribution in [-0.4, -0.2) is 22.1 Å². The number of rotatable bonds is 0. The number of halogens is 2. The van der Waals surface area contributed by atoms with E-state index in [0.717, 1.165) is 4.90 Å². The number of carbonyl (C=O) groups is 1. The first kappa shape index (κ1) is 6.90. The second-order valence-electron chi connectivity index (χ2n) is 2.17. The van der Waals surface area contributed by atoms with E-state index in [1.165, 1.54) is 12.5 Å². The summed E-state index contributed by atoms with van der Waals surface area (Å²) >= 11 is 0.592. The predicted molar refractivity (Wildman–Crippen MR) is 33.4 cm³/mol. The molecular weight excluding hydrogens is 176 g/mol. The third-order valence-electron chi connectivity index (χ3n) is 1.51. The van der Waals surface area contributed by atoms with E-state index in [-0.39, 0.29) is 0 Å². The SMILES string of the molecule is O=C1N2C=COS[C@@H]2C1(F)F. The van der Waals surface area contributed by atoms with Crippen LogP contribution in [0.5, 0.6) is 0 Å². The largest absolute Gasteiger partial charge is 0.430 e. The van der Waals surface area contributed by atoms with Crippen LogP contribution < -0.4 is 0 Å². The molecule has 0 aromatic rings. The number of hydrogen-bond acceptors (Lipinski definition) is 3. The first-order valence-corrected chi connectivity index (χ1v) is 3.64. The Morgan fingerprint density at radius 3 is 3.09 bits per heavy atom. The van der Waals surface area contributed by atoms with E-state index < -0.39 is 17.2 Å². The molecule has 0 aromatic carbocycles. The Hall–Kier alpha value is -0.780. The van der Waals surface area contributed by atoms with Crippen molar-refractivity contribution in [3.8, 4) is 0 Å². The average molecular weight is 179 g/mol. The molecule has 0 spiro atoms. The van der Waals surface area contributed by atoms with E-state index >= 15 is 0 Å².